The number of rotatable bonds is 2. The van der Waals surface area contributed by atoms with E-state index in [1.54, 1.807) is 0 Å². The average Bonchev–Trinajstić information content (AvgIpc) is 2.98. The van der Waals surface area contributed by atoms with Crippen LogP contribution in [0.25, 0.3) is 0 Å². The van der Waals surface area contributed by atoms with Crippen molar-refractivity contribution in [2.24, 2.45) is 5.92 Å². The number of quaternary nitrogens is 1. The highest BCUT2D eigenvalue weighted by Gasteiger charge is 2.66. The van der Waals surface area contributed by atoms with Crippen molar-refractivity contribution in [1.82, 2.24) is 10.3 Å². The minimum atomic E-state index is -1.42. The molecule has 1 unspecified atom stereocenters. The van der Waals surface area contributed by atoms with Crippen LogP contribution in [0.5, 0.6) is 0 Å². The zero-order valence-corrected chi connectivity index (χ0v) is 14.6. The van der Waals surface area contributed by atoms with Crippen LogP contribution in [0.2, 0.25) is 0 Å². The van der Waals surface area contributed by atoms with E-state index in [0.29, 0.717) is 12.6 Å². The fraction of sp³-hybridized carbons (Fsp3) is 0.632. The summed E-state index contributed by atoms with van der Waals surface area (Å²) >= 11 is 0. The van der Waals surface area contributed by atoms with Gasteiger partial charge in [-0.3, -0.25) is 4.79 Å². The van der Waals surface area contributed by atoms with Crippen molar-refractivity contribution in [1.29, 1.82) is 0 Å². The summed E-state index contributed by atoms with van der Waals surface area (Å²) in [5.41, 5.74) is 4.15. The molecule has 2 heterocycles. The molecule has 1 saturated carbocycles. The molecule has 130 valence electrons. The molecule has 4 atom stereocenters. The molecule has 4 rings (SSSR count). The zero-order chi connectivity index (χ0) is 16.9. The van der Waals surface area contributed by atoms with Crippen LogP contribution in [0, 0.1) is 12.8 Å². The van der Waals surface area contributed by atoms with Gasteiger partial charge < -0.3 is 10.0 Å². The summed E-state index contributed by atoms with van der Waals surface area (Å²) in [5.74, 6) is -0.219. The summed E-state index contributed by atoms with van der Waals surface area (Å²) < 4.78 is 0. The molecule has 1 aliphatic carbocycles. The number of carbonyl (C=O) groups excluding carboxylic acids is 1. The molecule has 1 aromatic carbocycles. The number of carbonyl (C=O) groups is 1. The first-order chi connectivity index (χ1) is 11.5. The molecular weight excluding hydrogens is 302 g/mol. The molecule has 1 aromatic rings. The summed E-state index contributed by atoms with van der Waals surface area (Å²) in [7, 11) is 2.00. The molecule has 3 N–H and O–H groups in total. The quantitative estimate of drug-likeness (QED) is 0.742. The molecule has 0 radical (unpaired) electrons. The van der Waals surface area contributed by atoms with Crippen molar-refractivity contribution in [2.45, 2.75) is 56.8 Å². The van der Waals surface area contributed by atoms with Gasteiger partial charge in [-0.05, 0) is 19.8 Å². The second-order valence-corrected chi connectivity index (χ2v) is 7.82. The Morgan fingerprint density at radius 3 is 2.54 bits per heavy atom. The summed E-state index contributed by atoms with van der Waals surface area (Å²) in [4.78, 5) is 14.9. The third-order valence-electron chi connectivity index (χ3n) is 6.23. The van der Waals surface area contributed by atoms with Gasteiger partial charge in [-0.25, -0.2) is 5.01 Å². The Hall–Kier alpha value is -1.43. The lowest BCUT2D eigenvalue weighted by Crippen LogP contribution is -3.15. The van der Waals surface area contributed by atoms with Gasteiger partial charge in [0.25, 0.3) is 11.6 Å². The Labute approximate surface area is 143 Å². The van der Waals surface area contributed by atoms with Crippen LogP contribution in [0.15, 0.2) is 24.3 Å². The first-order valence-corrected chi connectivity index (χ1v) is 9.22. The van der Waals surface area contributed by atoms with E-state index < -0.39 is 5.72 Å². The summed E-state index contributed by atoms with van der Waals surface area (Å²) in [6.07, 6.45) is 5.80. The molecule has 0 aromatic heterocycles. The van der Waals surface area contributed by atoms with Crippen molar-refractivity contribution in [3.63, 3.8) is 0 Å². The lowest BCUT2D eigenvalue weighted by atomic mass is 9.88. The molecule has 2 aliphatic heterocycles. The molecule has 3 aliphatic rings. The number of benzene rings is 1. The van der Waals surface area contributed by atoms with E-state index in [1.807, 2.05) is 11.9 Å². The molecular formula is C19H28N3O2+. The molecule has 5 heteroatoms. The summed E-state index contributed by atoms with van der Waals surface area (Å²) in [5, 5.41) is 12.1. The van der Waals surface area contributed by atoms with Crippen molar-refractivity contribution < 1.29 is 14.9 Å². The Kier molecular flexibility index (Phi) is 3.90. The molecule has 1 amide bonds. The number of likely N-dealkylation sites (tertiary alicyclic amines) is 1. The number of nitrogens with zero attached hydrogens (tertiary/aromatic N) is 1. The standard InChI is InChI=1S/C19H27N3O2/c1-13-8-10-14(11-9-13)17-16-12-22(15-6-4-3-5-7-15)18(23)19(16,24)20-21(17)2/h8-11,15-17,20,24H,3-7,12H2,1-2H3/p+1/t16-,17+,19-/m0/s1. The minimum absolute atomic E-state index is 0.0909. The molecule has 24 heavy (non-hydrogen) atoms. The van der Waals surface area contributed by atoms with Crippen LogP contribution in [0.4, 0.5) is 0 Å². The maximum Gasteiger partial charge on any atom is 0.275 e. The average molecular weight is 330 g/mol. The smallest absolute Gasteiger partial charge is 0.275 e. The van der Waals surface area contributed by atoms with Gasteiger partial charge in [0.1, 0.15) is 6.04 Å². The fourth-order valence-electron chi connectivity index (χ4n) is 4.94. The first kappa shape index (κ1) is 16.1. The van der Waals surface area contributed by atoms with Crippen molar-refractivity contribution in [3.8, 4) is 0 Å². The summed E-state index contributed by atoms with van der Waals surface area (Å²) in [6, 6.07) is 8.87. The van der Waals surface area contributed by atoms with Gasteiger partial charge in [-0.2, -0.15) is 0 Å². The second kappa shape index (κ2) is 5.83. The Balaban J connectivity index is 1.63. The third kappa shape index (κ3) is 2.38. The van der Waals surface area contributed by atoms with E-state index in [1.165, 1.54) is 30.4 Å². The lowest BCUT2D eigenvalue weighted by Gasteiger charge is -2.33. The van der Waals surface area contributed by atoms with Crippen LogP contribution < -0.4 is 10.4 Å². The number of hydrogen-bond acceptors (Lipinski definition) is 3. The van der Waals surface area contributed by atoms with Gasteiger partial charge in [0.05, 0.1) is 13.0 Å². The minimum Gasteiger partial charge on any atom is -0.363 e. The van der Waals surface area contributed by atoms with Crippen LogP contribution in [0.1, 0.15) is 49.3 Å². The predicted molar refractivity (Wildman–Crippen MR) is 91.0 cm³/mol. The largest absolute Gasteiger partial charge is 0.363 e. The van der Waals surface area contributed by atoms with Gasteiger partial charge >= 0.3 is 0 Å². The lowest BCUT2D eigenvalue weighted by molar-refractivity contribution is -0.948. The molecule has 0 bridgehead atoms. The topological polar surface area (TPSA) is 57.0 Å². The highest BCUT2D eigenvalue weighted by molar-refractivity contribution is 5.88. The van der Waals surface area contributed by atoms with Crippen LogP contribution in [-0.4, -0.2) is 41.3 Å². The monoisotopic (exact) mass is 330 g/mol. The van der Waals surface area contributed by atoms with E-state index >= 15 is 0 Å². The Morgan fingerprint density at radius 1 is 1.21 bits per heavy atom. The Bertz CT molecular complexity index is 626. The van der Waals surface area contributed by atoms with Crippen molar-refractivity contribution >= 4 is 5.91 Å². The van der Waals surface area contributed by atoms with Crippen LogP contribution in [-0.2, 0) is 4.79 Å². The summed E-state index contributed by atoms with van der Waals surface area (Å²) in [6.45, 7) is 2.73. The van der Waals surface area contributed by atoms with Crippen LogP contribution >= 0.6 is 0 Å². The predicted octanol–water partition coefficient (Wildman–Crippen LogP) is 0.549. The van der Waals surface area contributed by atoms with Gasteiger partial charge in [0, 0.05) is 18.2 Å². The molecule has 5 nitrogen and oxygen atoms in total. The fourth-order valence-corrected chi connectivity index (χ4v) is 4.94. The normalized spacial score (nSPS) is 37.0. The molecule has 2 saturated heterocycles. The maximum atomic E-state index is 13.0. The van der Waals surface area contributed by atoms with E-state index in [9.17, 15) is 9.90 Å². The van der Waals surface area contributed by atoms with Crippen LogP contribution in [0.3, 0.4) is 0 Å². The maximum absolute atomic E-state index is 13.0. The third-order valence-corrected chi connectivity index (χ3v) is 6.23. The van der Waals surface area contributed by atoms with Gasteiger partial charge in [-0.1, -0.05) is 49.1 Å². The Morgan fingerprint density at radius 2 is 1.88 bits per heavy atom. The van der Waals surface area contributed by atoms with E-state index in [4.69, 9.17) is 0 Å². The molecule has 3 fully saturated rings. The highest BCUT2D eigenvalue weighted by atomic mass is 16.3. The first-order valence-electron chi connectivity index (χ1n) is 9.22. The van der Waals surface area contributed by atoms with Gasteiger partial charge in [-0.15, -0.1) is 5.43 Å². The zero-order valence-electron chi connectivity index (χ0n) is 14.6. The number of fused-ring (bicyclic) bond motifs is 1. The number of amides is 1. The number of hydrogen-bond donors (Lipinski definition) is 3. The van der Waals surface area contributed by atoms with E-state index in [-0.39, 0.29) is 17.9 Å². The second-order valence-electron chi connectivity index (χ2n) is 7.82. The number of aryl methyl sites for hydroxylation is 1. The highest BCUT2D eigenvalue weighted by Crippen LogP contribution is 2.40. The molecule has 0 spiro atoms. The number of nitrogens with one attached hydrogen (secondary N) is 2. The van der Waals surface area contributed by atoms with E-state index in [0.717, 1.165) is 17.9 Å². The SMILES string of the molecule is Cc1ccc([C@@H]2[C@@H]3CN(C4CCCCC4)C(=O)[C@]3(O)N[NH+]2C)cc1. The van der Waals surface area contributed by atoms with Crippen molar-refractivity contribution in [3.05, 3.63) is 35.4 Å². The van der Waals surface area contributed by atoms with Gasteiger partial charge in [0.2, 0.25) is 0 Å². The van der Waals surface area contributed by atoms with E-state index in [2.05, 4.69) is 36.6 Å². The van der Waals surface area contributed by atoms with Crippen molar-refractivity contribution in [2.75, 3.05) is 13.6 Å². The van der Waals surface area contributed by atoms with Gasteiger partial charge in [0.15, 0.2) is 0 Å². The number of aliphatic hydroxyl groups is 1.